The van der Waals surface area contributed by atoms with Gasteiger partial charge in [-0.3, -0.25) is 14.5 Å². The van der Waals surface area contributed by atoms with Crippen LogP contribution in [0.4, 0.5) is 8.78 Å². The Morgan fingerprint density at radius 3 is 2.34 bits per heavy atom. The Hall–Kier alpha value is -2.94. The van der Waals surface area contributed by atoms with Gasteiger partial charge in [-0.05, 0) is 60.8 Å². The topological polar surface area (TPSA) is 68.6 Å². The largest absolute Gasteiger partial charge is 0.342 e. The van der Waals surface area contributed by atoms with Crippen molar-refractivity contribution in [1.82, 2.24) is 14.7 Å². The molecule has 2 atom stereocenters. The van der Waals surface area contributed by atoms with Crippen molar-refractivity contribution < 1.29 is 18.4 Å². The van der Waals surface area contributed by atoms with E-state index in [2.05, 4.69) is 35.6 Å². The minimum atomic E-state index is -0.695. The SMILES string of the molecule is C=C(/C=C(\N=N/C)c1c(F)cccc1F)[C@@H]1CC[C@@H](CN(CC)C(=O)CN2CCN(C(C)=O)CC2)C1(C)C. The molecular weight excluding hydrogens is 488 g/mol. The number of hydrogen-bond donors (Lipinski definition) is 0. The molecule has 0 unspecified atom stereocenters. The van der Waals surface area contributed by atoms with Gasteiger partial charge in [-0.15, -0.1) is 0 Å². The minimum absolute atomic E-state index is 0.0675. The summed E-state index contributed by atoms with van der Waals surface area (Å²) in [7, 11) is 1.46. The van der Waals surface area contributed by atoms with Crippen molar-refractivity contribution in [3.63, 3.8) is 0 Å². The fourth-order valence-electron chi connectivity index (χ4n) is 5.85. The number of carbonyl (C=O) groups is 2. The second kappa shape index (κ2) is 12.7. The number of carbonyl (C=O) groups excluding carboxylic acids is 2. The van der Waals surface area contributed by atoms with Gasteiger partial charge in [-0.25, -0.2) is 8.78 Å². The third-order valence-corrected chi connectivity index (χ3v) is 8.30. The van der Waals surface area contributed by atoms with Gasteiger partial charge in [0, 0.05) is 53.2 Å². The second-order valence-electron chi connectivity index (χ2n) is 10.9. The van der Waals surface area contributed by atoms with Crippen LogP contribution in [0.15, 0.2) is 46.7 Å². The summed E-state index contributed by atoms with van der Waals surface area (Å²) in [6.45, 7) is 16.5. The number of likely N-dealkylation sites (N-methyl/N-ethyl adjacent to an activating group) is 1. The minimum Gasteiger partial charge on any atom is -0.342 e. The number of piperazine rings is 1. The summed E-state index contributed by atoms with van der Waals surface area (Å²) < 4.78 is 29.0. The average molecular weight is 530 g/mol. The molecule has 1 saturated carbocycles. The van der Waals surface area contributed by atoms with Gasteiger partial charge in [0.2, 0.25) is 11.8 Å². The molecule has 38 heavy (non-hydrogen) atoms. The molecule has 7 nitrogen and oxygen atoms in total. The fourth-order valence-corrected chi connectivity index (χ4v) is 5.85. The van der Waals surface area contributed by atoms with Crippen molar-refractivity contribution in [3.05, 3.63) is 53.6 Å². The highest BCUT2D eigenvalue weighted by Gasteiger charge is 2.44. The summed E-state index contributed by atoms with van der Waals surface area (Å²) in [5, 5.41) is 7.79. The molecule has 2 amide bonds. The van der Waals surface area contributed by atoms with Gasteiger partial charge in [-0.2, -0.15) is 10.2 Å². The van der Waals surface area contributed by atoms with E-state index in [0.29, 0.717) is 45.8 Å². The highest BCUT2D eigenvalue weighted by molar-refractivity contribution is 5.78. The van der Waals surface area contributed by atoms with Crippen LogP contribution < -0.4 is 0 Å². The summed E-state index contributed by atoms with van der Waals surface area (Å²) in [5.41, 5.74) is 0.470. The van der Waals surface area contributed by atoms with Gasteiger partial charge in [0.25, 0.3) is 0 Å². The van der Waals surface area contributed by atoms with Crippen LogP contribution >= 0.6 is 0 Å². The molecule has 1 aromatic rings. The molecule has 208 valence electrons. The second-order valence-corrected chi connectivity index (χ2v) is 10.9. The third kappa shape index (κ3) is 6.73. The van der Waals surface area contributed by atoms with Crippen molar-refractivity contribution in [2.75, 3.05) is 52.9 Å². The zero-order valence-corrected chi connectivity index (χ0v) is 23.3. The first-order valence-electron chi connectivity index (χ1n) is 13.4. The number of benzene rings is 1. The van der Waals surface area contributed by atoms with E-state index in [9.17, 15) is 18.4 Å². The lowest BCUT2D eigenvalue weighted by Gasteiger charge is -2.38. The quantitative estimate of drug-likeness (QED) is 0.334. The predicted octanol–water partition coefficient (Wildman–Crippen LogP) is 5.01. The van der Waals surface area contributed by atoms with Crippen LogP contribution in [0.2, 0.25) is 0 Å². The molecule has 1 saturated heterocycles. The normalized spacial score (nSPS) is 22.2. The van der Waals surface area contributed by atoms with E-state index >= 15 is 0 Å². The molecule has 1 aromatic carbocycles. The highest BCUT2D eigenvalue weighted by Crippen LogP contribution is 2.51. The van der Waals surface area contributed by atoms with E-state index in [-0.39, 0.29) is 40.3 Å². The maximum atomic E-state index is 14.5. The van der Waals surface area contributed by atoms with Crippen LogP contribution in [0.1, 0.15) is 46.1 Å². The number of allylic oxidation sites excluding steroid dienone is 2. The van der Waals surface area contributed by atoms with E-state index in [4.69, 9.17) is 0 Å². The molecule has 0 radical (unpaired) electrons. The molecule has 1 aliphatic heterocycles. The average Bonchev–Trinajstić information content (AvgIpc) is 3.16. The standard InChI is InChI=1S/C29H41F2N5O2/c1-7-35(27(38)19-34-13-15-36(16-14-34)21(3)37)18-22-11-12-23(29(22,4)5)20(2)17-26(33-32-6)28-24(30)9-8-10-25(28)31/h8-10,17,22-23H,2,7,11-16,18-19H2,1,3-6H3/b26-17-,33-32-/t22-,23-/m0/s1. The van der Waals surface area contributed by atoms with E-state index in [1.165, 1.54) is 25.2 Å². The summed E-state index contributed by atoms with van der Waals surface area (Å²) in [6, 6.07) is 3.73. The van der Waals surface area contributed by atoms with Crippen molar-refractivity contribution in [2.24, 2.45) is 27.5 Å². The van der Waals surface area contributed by atoms with Crippen molar-refractivity contribution in [2.45, 2.75) is 40.5 Å². The molecule has 0 aromatic heterocycles. The van der Waals surface area contributed by atoms with Crippen LogP contribution in [-0.4, -0.2) is 79.4 Å². The molecule has 0 N–H and O–H groups in total. The molecule has 9 heteroatoms. The van der Waals surface area contributed by atoms with Crippen molar-refractivity contribution >= 4 is 17.5 Å². The van der Waals surface area contributed by atoms with E-state index in [0.717, 1.165) is 18.4 Å². The monoisotopic (exact) mass is 529 g/mol. The fraction of sp³-hybridized carbons (Fsp3) is 0.586. The van der Waals surface area contributed by atoms with Gasteiger partial charge < -0.3 is 9.80 Å². The highest BCUT2D eigenvalue weighted by atomic mass is 19.1. The van der Waals surface area contributed by atoms with Gasteiger partial charge in [-0.1, -0.05) is 26.5 Å². The molecule has 0 bridgehead atoms. The zero-order valence-electron chi connectivity index (χ0n) is 23.3. The van der Waals surface area contributed by atoms with Crippen molar-refractivity contribution in [3.8, 4) is 0 Å². The molecule has 1 aliphatic carbocycles. The lowest BCUT2D eigenvalue weighted by molar-refractivity contribution is -0.134. The van der Waals surface area contributed by atoms with Crippen LogP contribution in [0, 0.1) is 28.9 Å². The molecule has 2 aliphatic rings. The zero-order chi connectivity index (χ0) is 28.0. The Morgan fingerprint density at radius 2 is 1.79 bits per heavy atom. The first kappa shape index (κ1) is 29.6. The molecule has 1 heterocycles. The smallest absolute Gasteiger partial charge is 0.236 e. The lowest BCUT2D eigenvalue weighted by atomic mass is 9.72. The predicted molar refractivity (Wildman–Crippen MR) is 145 cm³/mol. The van der Waals surface area contributed by atoms with Crippen LogP contribution in [-0.2, 0) is 9.59 Å². The first-order chi connectivity index (χ1) is 18.0. The number of halogens is 2. The maximum Gasteiger partial charge on any atom is 0.236 e. The van der Waals surface area contributed by atoms with Crippen LogP contribution in [0.25, 0.3) is 5.70 Å². The third-order valence-electron chi connectivity index (χ3n) is 8.30. The summed E-state index contributed by atoms with van der Waals surface area (Å²) in [6.07, 6.45) is 3.43. The molecule has 0 spiro atoms. The molecule has 2 fully saturated rings. The van der Waals surface area contributed by atoms with Crippen LogP contribution in [0.5, 0.6) is 0 Å². The van der Waals surface area contributed by atoms with Gasteiger partial charge in [0.15, 0.2) is 0 Å². The van der Waals surface area contributed by atoms with E-state index in [1.807, 2.05) is 16.7 Å². The number of nitrogens with zero attached hydrogens (tertiary/aromatic N) is 5. The summed E-state index contributed by atoms with van der Waals surface area (Å²) in [4.78, 5) is 30.6. The molecule has 3 rings (SSSR count). The lowest BCUT2D eigenvalue weighted by Crippen LogP contribution is -2.51. The van der Waals surface area contributed by atoms with E-state index in [1.54, 1.807) is 13.0 Å². The number of rotatable bonds is 9. The van der Waals surface area contributed by atoms with Crippen molar-refractivity contribution in [1.29, 1.82) is 0 Å². The van der Waals surface area contributed by atoms with Gasteiger partial charge in [0.1, 0.15) is 11.6 Å². The Balaban J connectivity index is 1.68. The Morgan fingerprint density at radius 1 is 1.16 bits per heavy atom. The first-order valence-corrected chi connectivity index (χ1v) is 13.4. The molecular formula is C29H41F2N5O2. The van der Waals surface area contributed by atoms with Gasteiger partial charge >= 0.3 is 0 Å². The van der Waals surface area contributed by atoms with Gasteiger partial charge in [0.05, 0.1) is 17.8 Å². The van der Waals surface area contributed by atoms with Crippen LogP contribution in [0.3, 0.4) is 0 Å². The Labute approximate surface area is 225 Å². The number of amides is 2. The maximum absolute atomic E-state index is 14.5. The van der Waals surface area contributed by atoms with E-state index < -0.39 is 11.6 Å². The number of azo groups is 1. The Bertz CT molecular complexity index is 1070. The number of hydrogen-bond acceptors (Lipinski definition) is 5. The summed E-state index contributed by atoms with van der Waals surface area (Å²) >= 11 is 0. The Kier molecular flexibility index (Phi) is 9.93. The summed E-state index contributed by atoms with van der Waals surface area (Å²) in [5.74, 6) is -0.901.